The Bertz CT molecular complexity index is 459. The van der Waals surface area contributed by atoms with Crippen molar-refractivity contribution >= 4 is 11.5 Å². The molecule has 5 heteroatoms. The normalized spacial score (nSPS) is 30.5. The van der Waals surface area contributed by atoms with E-state index in [-0.39, 0.29) is 11.9 Å². The Kier molecular flexibility index (Phi) is 2.70. The predicted molar refractivity (Wildman–Crippen MR) is 69.7 cm³/mol. The van der Waals surface area contributed by atoms with Gasteiger partial charge in [0.15, 0.2) is 0 Å². The van der Waals surface area contributed by atoms with Crippen molar-refractivity contribution in [1.82, 2.24) is 4.98 Å². The summed E-state index contributed by atoms with van der Waals surface area (Å²) in [6.45, 7) is 1.91. The summed E-state index contributed by atoms with van der Waals surface area (Å²) in [5, 5.41) is 17.2. The molecule has 18 heavy (non-hydrogen) atoms. The number of nitrogen functional groups attached to an aromatic ring is 1. The first-order valence-corrected chi connectivity index (χ1v) is 6.38. The fraction of sp³-hybridized carbons (Fsp3) is 0.538. The smallest absolute Gasteiger partial charge is 0.141 e. The lowest BCUT2D eigenvalue weighted by molar-refractivity contribution is 0.133. The van der Waals surface area contributed by atoms with E-state index in [0.717, 1.165) is 31.6 Å². The van der Waals surface area contributed by atoms with Gasteiger partial charge in [-0.3, -0.25) is 10.4 Å². The van der Waals surface area contributed by atoms with Crippen LogP contribution in [0.25, 0.3) is 0 Å². The maximum absolute atomic E-state index is 9.89. The molecule has 0 amide bonds. The zero-order chi connectivity index (χ0) is 12.7. The van der Waals surface area contributed by atoms with Crippen molar-refractivity contribution in [3.8, 4) is 0 Å². The molecular formula is C13H18N4O. The van der Waals surface area contributed by atoms with Crippen LogP contribution in [0.5, 0.6) is 0 Å². The van der Waals surface area contributed by atoms with E-state index in [9.17, 15) is 5.11 Å². The van der Waals surface area contributed by atoms with E-state index in [1.54, 1.807) is 12.3 Å². The molecule has 5 nitrogen and oxygen atoms in total. The Labute approximate surface area is 106 Å². The summed E-state index contributed by atoms with van der Waals surface area (Å²) in [5.41, 5.74) is 6.95. The molecule has 0 bridgehead atoms. The lowest BCUT2D eigenvalue weighted by atomic mass is 10.00. The van der Waals surface area contributed by atoms with Crippen molar-refractivity contribution in [2.45, 2.75) is 18.9 Å². The highest BCUT2D eigenvalue weighted by Gasteiger charge is 2.41. The lowest BCUT2D eigenvalue weighted by Crippen LogP contribution is -2.24. The fourth-order valence-electron chi connectivity index (χ4n) is 3.18. The van der Waals surface area contributed by atoms with Gasteiger partial charge in [-0.2, -0.15) is 0 Å². The van der Waals surface area contributed by atoms with Crippen LogP contribution in [0.4, 0.5) is 5.69 Å². The molecule has 1 aliphatic heterocycles. The fourth-order valence-corrected chi connectivity index (χ4v) is 3.18. The number of aromatic nitrogens is 1. The van der Waals surface area contributed by atoms with E-state index in [4.69, 9.17) is 11.1 Å². The maximum Gasteiger partial charge on any atom is 0.141 e. The Balaban J connectivity index is 1.75. The number of hydrogen-bond acceptors (Lipinski definition) is 4. The standard InChI is InChI=1S/C13H18N4O/c14-13(15)11-3-2-9(5-16-11)17-6-8-1-4-12(18)10(8)7-17/h2-3,5,8,10,12,18H,1,4,6-7H2,(H3,14,15). The summed E-state index contributed by atoms with van der Waals surface area (Å²) >= 11 is 0. The van der Waals surface area contributed by atoms with Crippen LogP contribution in [0.3, 0.4) is 0 Å². The Morgan fingerprint density at radius 3 is 2.83 bits per heavy atom. The highest BCUT2D eigenvalue weighted by atomic mass is 16.3. The van der Waals surface area contributed by atoms with Gasteiger partial charge in [0.2, 0.25) is 0 Å². The predicted octanol–water partition coefficient (Wildman–Crippen LogP) is 0.573. The van der Waals surface area contributed by atoms with E-state index >= 15 is 0 Å². The topological polar surface area (TPSA) is 86.2 Å². The van der Waals surface area contributed by atoms with Gasteiger partial charge < -0.3 is 15.7 Å². The second kappa shape index (κ2) is 4.24. The highest BCUT2D eigenvalue weighted by molar-refractivity contribution is 5.93. The van der Waals surface area contributed by atoms with Crippen molar-refractivity contribution in [3.05, 3.63) is 24.0 Å². The maximum atomic E-state index is 9.89. The number of rotatable bonds is 2. The monoisotopic (exact) mass is 246 g/mol. The molecule has 4 N–H and O–H groups in total. The average Bonchev–Trinajstić information content (AvgIpc) is 2.92. The molecule has 1 aliphatic carbocycles. The second-order valence-electron chi connectivity index (χ2n) is 5.29. The average molecular weight is 246 g/mol. The summed E-state index contributed by atoms with van der Waals surface area (Å²) in [7, 11) is 0. The first-order chi connectivity index (χ1) is 8.65. The molecule has 0 spiro atoms. The molecule has 2 fully saturated rings. The minimum Gasteiger partial charge on any atom is -0.393 e. The van der Waals surface area contributed by atoms with Crippen LogP contribution in [0.15, 0.2) is 18.3 Å². The number of fused-ring (bicyclic) bond motifs is 1. The first kappa shape index (κ1) is 11.5. The van der Waals surface area contributed by atoms with Crippen LogP contribution in [0, 0.1) is 17.2 Å². The van der Waals surface area contributed by atoms with Crippen LogP contribution >= 0.6 is 0 Å². The van der Waals surface area contributed by atoms with Crippen LogP contribution in [0.1, 0.15) is 18.5 Å². The van der Waals surface area contributed by atoms with E-state index in [2.05, 4.69) is 9.88 Å². The summed E-state index contributed by atoms with van der Waals surface area (Å²) < 4.78 is 0. The van der Waals surface area contributed by atoms with Crippen molar-refractivity contribution in [3.63, 3.8) is 0 Å². The van der Waals surface area contributed by atoms with Crippen LogP contribution in [-0.2, 0) is 0 Å². The van der Waals surface area contributed by atoms with Gasteiger partial charge in [-0.25, -0.2) is 0 Å². The van der Waals surface area contributed by atoms with Gasteiger partial charge in [-0.1, -0.05) is 0 Å². The molecule has 3 unspecified atom stereocenters. The van der Waals surface area contributed by atoms with Crippen LogP contribution in [0.2, 0.25) is 0 Å². The van der Waals surface area contributed by atoms with Gasteiger partial charge in [0.05, 0.1) is 18.0 Å². The molecule has 1 saturated carbocycles. The van der Waals surface area contributed by atoms with E-state index in [1.807, 2.05) is 6.07 Å². The van der Waals surface area contributed by atoms with Gasteiger partial charge in [-0.15, -0.1) is 0 Å². The second-order valence-corrected chi connectivity index (χ2v) is 5.29. The summed E-state index contributed by atoms with van der Waals surface area (Å²) in [4.78, 5) is 6.45. The third-order valence-electron chi connectivity index (χ3n) is 4.21. The summed E-state index contributed by atoms with van der Waals surface area (Å²) in [6, 6.07) is 3.74. The number of pyridine rings is 1. The van der Waals surface area contributed by atoms with Gasteiger partial charge >= 0.3 is 0 Å². The number of nitrogens with zero attached hydrogens (tertiary/aromatic N) is 2. The summed E-state index contributed by atoms with van der Waals surface area (Å²) in [6.07, 6.45) is 3.71. The minimum atomic E-state index is -0.135. The number of nitrogens with one attached hydrogen (secondary N) is 1. The molecule has 0 radical (unpaired) electrons. The van der Waals surface area contributed by atoms with Gasteiger partial charge in [0.25, 0.3) is 0 Å². The molecular weight excluding hydrogens is 228 g/mol. The van der Waals surface area contributed by atoms with Crippen molar-refractivity contribution in [2.75, 3.05) is 18.0 Å². The summed E-state index contributed by atoms with van der Waals surface area (Å²) in [5.74, 6) is 1.03. The number of aliphatic hydroxyl groups excluding tert-OH is 1. The molecule has 2 heterocycles. The Morgan fingerprint density at radius 1 is 1.39 bits per heavy atom. The van der Waals surface area contributed by atoms with E-state index in [0.29, 0.717) is 17.5 Å². The van der Waals surface area contributed by atoms with Crippen molar-refractivity contribution < 1.29 is 5.11 Å². The first-order valence-electron chi connectivity index (χ1n) is 6.38. The van der Waals surface area contributed by atoms with Gasteiger partial charge in [0.1, 0.15) is 11.5 Å². The molecule has 3 rings (SSSR count). The van der Waals surface area contributed by atoms with E-state index in [1.165, 1.54) is 0 Å². The molecule has 1 aromatic rings. The molecule has 1 saturated heterocycles. The third-order valence-corrected chi connectivity index (χ3v) is 4.21. The SMILES string of the molecule is N=C(N)c1ccc(N2CC3CCC(O)C3C2)cn1. The molecule has 96 valence electrons. The number of amidine groups is 1. The molecule has 2 aliphatic rings. The van der Waals surface area contributed by atoms with Crippen molar-refractivity contribution in [1.29, 1.82) is 5.41 Å². The molecule has 1 aromatic heterocycles. The quantitative estimate of drug-likeness (QED) is 0.526. The van der Waals surface area contributed by atoms with Crippen LogP contribution in [-0.4, -0.2) is 35.1 Å². The van der Waals surface area contributed by atoms with Gasteiger partial charge in [-0.05, 0) is 30.9 Å². The lowest BCUT2D eigenvalue weighted by Gasteiger charge is -2.20. The third kappa shape index (κ3) is 1.84. The largest absolute Gasteiger partial charge is 0.393 e. The number of nitrogens with two attached hydrogens (primary N) is 1. The molecule has 3 atom stereocenters. The number of aliphatic hydroxyl groups is 1. The van der Waals surface area contributed by atoms with E-state index < -0.39 is 0 Å². The minimum absolute atomic E-state index is 0.00439. The number of hydrogen-bond donors (Lipinski definition) is 3. The zero-order valence-electron chi connectivity index (χ0n) is 10.2. The zero-order valence-corrected chi connectivity index (χ0v) is 10.2. The van der Waals surface area contributed by atoms with Crippen molar-refractivity contribution in [2.24, 2.45) is 17.6 Å². The highest BCUT2D eigenvalue weighted by Crippen LogP contribution is 2.39. The van der Waals surface area contributed by atoms with Gasteiger partial charge in [0, 0.05) is 19.0 Å². The Hall–Kier alpha value is -1.62. The van der Waals surface area contributed by atoms with Crippen LogP contribution < -0.4 is 10.6 Å². The Morgan fingerprint density at radius 2 is 2.22 bits per heavy atom. The molecule has 0 aromatic carbocycles. The number of anilines is 1.